The summed E-state index contributed by atoms with van der Waals surface area (Å²) < 4.78 is 1.11. The first-order chi connectivity index (χ1) is 10.5. The van der Waals surface area contributed by atoms with E-state index < -0.39 is 0 Å². The number of anilines is 2. The molecule has 2 N–H and O–H groups in total. The molecule has 0 aliphatic heterocycles. The van der Waals surface area contributed by atoms with Gasteiger partial charge in [-0.1, -0.05) is 13.8 Å². The standard InChI is InChI=1S/C17H17IN2O2/c1-11(2)16(21)19-14-7-3-12(4-8-14)17(22)20-15-9-5-13(18)6-10-15/h3-11H,1-2H3,(H,19,21)(H,20,22). The third-order valence-electron chi connectivity index (χ3n) is 3.04. The lowest BCUT2D eigenvalue weighted by Gasteiger charge is -2.09. The number of halogens is 1. The summed E-state index contributed by atoms with van der Waals surface area (Å²) in [6.07, 6.45) is 0. The Hall–Kier alpha value is -1.89. The average Bonchev–Trinajstić information content (AvgIpc) is 2.50. The van der Waals surface area contributed by atoms with Crippen LogP contribution in [0.1, 0.15) is 24.2 Å². The Morgan fingerprint density at radius 3 is 1.91 bits per heavy atom. The minimum atomic E-state index is -0.178. The summed E-state index contributed by atoms with van der Waals surface area (Å²) in [5.74, 6) is -0.303. The first-order valence-electron chi connectivity index (χ1n) is 6.93. The van der Waals surface area contributed by atoms with Gasteiger partial charge in [0.15, 0.2) is 0 Å². The SMILES string of the molecule is CC(C)C(=O)Nc1ccc(C(=O)Nc2ccc(I)cc2)cc1. The normalized spacial score (nSPS) is 10.4. The minimum absolute atomic E-state index is 0.0453. The van der Waals surface area contributed by atoms with Gasteiger partial charge >= 0.3 is 0 Å². The van der Waals surface area contributed by atoms with Gasteiger partial charge in [0, 0.05) is 26.4 Å². The molecule has 0 heterocycles. The van der Waals surface area contributed by atoms with Crippen LogP contribution in [-0.2, 0) is 4.79 Å². The van der Waals surface area contributed by atoms with E-state index in [0.717, 1.165) is 9.26 Å². The third kappa shape index (κ3) is 4.56. The van der Waals surface area contributed by atoms with Crippen molar-refractivity contribution < 1.29 is 9.59 Å². The monoisotopic (exact) mass is 408 g/mol. The van der Waals surface area contributed by atoms with Gasteiger partial charge in [0.2, 0.25) is 5.91 Å². The fourth-order valence-electron chi connectivity index (χ4n) is 1.73. The molecule has 0 atom stereocenters. The number of carbonyl (C=O) groups is 2. The molecule has 0 bridgehead atoms. The van der Waals surface area contributed by atoms with Crippen LogP contribution < -0.4 is 10.6 Å². The minimum Gasteiger partial charge on any atom is -0.326 e. The third-order valence-corrected chi connectivity index (χ3v) is 3.76. The molecule has 0 aromatic heterocycles. The predicted octanol–water partition coefficient (Wildman–Crippen LogP) is 4.14. The number of carbonyl (C=O) groups excluding carboxylic acids is 2. The molecule has 0 saturated carbocycles. The average molecular weight is 408 g/mol. The van der Waals surface area contributed by atoms with Gasteiger partial charge in [-0.05, 0) is 71.1 Å². The molecule has 0 spiro atoms. The number of hydrogen-bond acceptors (Lipinski definition) is 2. The zero-order valence-corrected chi connectivity index (χ0v) is 14.5. The number of rotatable bonds is 4. The Balaban J connectivity index is 2.02. The summed E-state index contributed by atoms with van der Waals surface area (Å²) in [7, 11) is 0. The Morgan fingerprint density at radius 2 is 1.36 bits per heavy atom. The quantitative estimate of drug-likeness (QED) is 0.748. The van der Waals surface area contributed by atoms with Gasteiger partial charge in [-0.15, -0.1) is 0 Å². The highest BCUT2D eigenvalue weighted by molar-refractivity contribution is 14.1. The Kier molecular flexibility index (Phi) is 5.54. The van der Waals surface area contributed by atoms with Gasteiger partial charge in [-0.3, -0.25) is 9.59 Å². The van der Waals surface area contributed by atoms with Crippen molar-refractivity contribution in [2.45, 2.75) is 13.8 Å². The van der Waals surface area contributed by atoms with E-state index in [2.05, 4.69) is 33.2 Å². The summed E-state index contributed by atoms with van der Waals surface area (Å²) in [5, 5.41) is 5.63. The molecule has 0 aliphatic rings. The summed E-state index contributed by atoms with van der Waals surface area (Å²) in [5.41, 5.74) is 1.98. The van der Waals surface area contributed by atoms with Crippen LogP contribution in [0.25, 0.3) is 0 Å². The van der Waals surface area contributed by atoms with Crippen molar-refractivity contribution >= 4 is 45.8 Å². The van der Waals surface area contributed by atoms with Gasteiger partial charge in [0.25, 0.3) is 5.91 Å². The first-order valence-corrected chi connectivity index (χ1v) is 8.01. The van der Waals surface area contributed by atoms with Gasteiger partial charge < -0.3 is 10.6 Å². The largest absolute Gasteiger partial charge is 0.326 e. The maximum Gasteiger partial charge on any atom is 0.255 e. The second-order valence-electron chi connectivity index (χ2n) is 5.18. The Morgan fingerprint density at radius 1 is 0.864 bits per heavy atom. The van der Waals surface area contributed by atoms with Crippen LogP contribution >= 0.6 is 22.6 Å². The summed E-state index contributed by atoms with van der Waals surface area (Å²) in [6, 6.07) is 14.4. The van der Waals surface area contributed by atoms with Crippen molar-refractivity contribution in [3.8, 4) is 0 Å². The molecule has 2 amide bonds. The van der Waals surface area contributed by atoms with Gasteiger partial charge in [0.05, 0.1) is 0 Å². The van der Waals surface area contributed by atoms with Crippen molar-refractivity contribution in [1.29, 1.82) is 0 Å². The molecular weight excluding hydrogens is 391 g/mol. The number of nitrogens with one attached hydrogen (secondary N) is 2. The van der Waals surface area contributed by atoms with Gasteiger partial charge in [-0.2, -0.15) is 0 Å². The molecular formula is C17H17IN2O2. The molecule has 0 unspecified atom stereocenters. The smallest absolute Gasteiger partial charge is 0.255 e. The summed E-state index contributed by atoms with van der Waals surface area (Å²) in [6.45, 7) is 3.66. The first kappa shape index (κ1) is 16.5. The van der Waals surface area contributed by atoms with Crippen LogP contribution in [0.4, 0.5) is 11.4 Å². The lowest BCUT2D eigenvalue weighted by atomic mass is 10.1. The molecule has 0 saturated heterocycles. The molecule has 114 valence electrons. The van der Waals surface area contributed by atoms with Gasteiger partial charge in [0.1, 0.15) is 0 Å². The molecule has 2 rings (SSSR count). The summed E-state index contributed by atoms with van der Waals surface area (Å²) >= 11 is 2.21. The molecule has 2 aromatic rings. The zero-order valence-electron chi connectivity index (χ0n) is 12.4. The van der Waals surface area contributed by atoms with Crippen molar-refractivity contribution in [3.05, 3.63) is 57.7 Å². The van der Waals surface area contributed by atoms with Crippen LogP contribution in [-0.4, -0.2) is 11.8 Å². The van der Waals surface area contributed by atoms with E-state index in [1.165, 1.54) is 0 Å². The van der Waals surface area contributed by atoms with Crippen molar-refractivity contribution in [1.82, 2.24) is 0 Å². The fourth-order valence-corrected chi connectivity index (χ4v) is 2.09. The molecule has 0 radical (unpaired) electrons. The zero-order chi connectivity index (χ0) is 16.1. The second-order valence-corrected chi connectivity index (χ2v) is 6.43. The maximum absolute atomic E-state index is 12.1. The molecule has 0 aliphatic carbocycles. The van der Waals surface area contributed by atoms with E-state index in [4.69, 9.17) is 0 Å². The van der Waals surface area contributed by atoms with Crippen molar-refractivity contribution in [3.63, 3.8) is 0 Å². The fraction of sp³-hybridized carbons (Fsp3) is 0.176. The maximum atomic E-state index is 12.1. The molecule has 2 aromatic carbocycles. The van der Waals surface area contributed by atoms with Crippen LogP contribution in [0.3, 0.4) is 0 Å². The van der Waals surface area contributed by atoms with Crippen LogP contribution in [0, 0.1) is 9.49 Å². The summed E-state index contributed by atoms with van der Waals surface area (Å²) in [4.78, 5) is 23.7. The number of amides is 2. The molecule has 22 heavy (non-hydrogen) atoms. The Labute approximate surface area is 143 Å². The second kappa shape index (κ2) is 7.40. The Bertz CT molecular complexity index is 664. The van der Waals surface area contributed by atoms with Gasteiger partial charge in [-0.25, -0.2) is 0 Å². The lowest BCUT2D eigenvalue weighted by molar-refractivity contribution is -0.118. The molecule has 5 heteroatoms. The van der Waals surface area contributed by atoms with Crippen LogP contribution in [0.2, 0.25) is 0 Å². The highest BCUT2D eigenvalue weighted by Crippen LogP contribution is 2.15. The predicted molar refractivity (Wildman–Crippen MR) is 97.0 cm³/mol. The van der Waals surface area contributed by atoms with Crippen LogP contribution in [0.15, 0.2) is 48.5 Å². The van der Waals surface area contributed by atoms with Crippen molar-refractivity contribution in [2.24, 2.45) is 5.92 Å². The topological polar surface area (TPSA) is 58.2 Å². The van der Waals surface area contributed by atoms with E-state index >= 15 is 0 Å². The molecule has 4 nitrogen and oxygen atoms in total. The van der Waals surface area contributed by atoms with Crippen molar-refractivity contribution in [2.75, 3.05) is 10.6 Å². The van der Waals surface area contributed by atoms with Crippen LogP contribution in [0.5, 0.6) is 0 Å². The molecule has 0 fully saturated rings. The van der Waals surface area contributed by atoms with E-state index in [1.54, 1.807) is 24.3 Å². The number of hydrogen-bond donors (Lipinski definition) is 2. The number of benzene rings is 2. The van der Waals surface area contributed by atoms with E-state index in [9.17, 15) is 9.59 Å². The highest BCUT2D eigenvalue weighted by Gasteiger charge is 2.09. The van der Waals surface area contributed by atoms with E-state index in [1.807, 2.05) is 38.1 Å². The highest BCUT2D eigenvalue weighted by atomic mass is 127. The lowest BCUT2D eigenvalue weighted by Crippen LogP contribution is -2.18. The van der Waals surface area contributed by atoms with E-state index in [0.29, 0.717) is 11.3 Å². The van der Waals surface area contributed by atoms with E-state index in [-0.39, 0.29) is 17.7 Å².